The monoisotopic (exact) mass is 283 g/mol. The molecular formula is C13H11F2NO4. The standard InChI is InChI=1S/C13H11F2NO4/c1-20-10(17)3-2-4-16-11-8(12(18)13(16)19)5-7(14)6-9(11)15/h5-6H,2-4H2,1H3. The van der Waals surface area contributed by atoms with Crippen molar-refractivity contribution in [3.05, 3.63) is 29.3 Å². The number of hydrogen-bond donors (Lipinski definition) is 0. The highest BCUT2D eigenvalue weighted by Gasteiger charge is 2.38. The van der Waals surface area contributed by atoms with Gasteiger partial charge in [-0.2, -0.15) is 0 Å². The third-order valence-electron chi connectivity index (χ3n) is 2.97. The van der Waals surface area contributed by atoms with E-state index in [1.165, 1.54) is 7.11 Å². The fourth-order valence-corrected chi connectivity index (χ4v) is 2.05. The normalized spacial score (nSPS) is 13.7. The number of methoxy groups -OCH3 is 1. The number of fused-ring (bicyclic) bond motifs is 1. The van der Waals surface area contributed by atoms with E-state index in [4.69, 9.17) is 0 Å². The summed E-state index contributed by atoms with van der Waals surface area (Å²) in [5.41, 5.74) is -0.517. The molecule has 1 aliphatic rings. The number of carbonyl (C=O) groups excluding carboxylic acids is 3. The van der Waals surface area contributed by atoms with Crippen LogP contribution in [0, 0.1) is 11.6 Å². The topological polar surface area (TPSA) is 63.7 Å². The number of amides is 1. The Morgan fingerprint density at radius 3 is 2.65 bits per heavy atom. The van der Waals surface area contributed by atoms with Crippen LogP contribution in [0.3, 0.4) is 0 Å². The van der Waals surface area contributed by atoms with E-state index in [0.29, 0.717) is 6.07 Å². The summed E-state index contributed by atoms with van der Waals surface area (Å²) < 4.78 is 31.2. The number of carbonyl (C=O) groups is 3. The summed E-state index contributed by atoms with van der Waals surface area (Å²) in [4.78, 5) is 35.3. The molecule has 2 rings (SSSR count). The Balaban J connectivity index is 2.22. The maximum absolute atomic E-state index is 13.7. The molecule has 0 N–H and O–H groups in total. The highest BCUT2D eigenvalue weighted by Crippen LogP contribution is 2.32. The maximum Gasteiger partial charge on any atom is 0.305 e. The summed E-state index contributed by atoms with van der Waals surface area (Å²) >= 11 is 0. The number of halogens is 2. The van der Waals surface area contributed by atoms with Crippen molar-refractivity contribution in [1.29, 1.82) is 0 Å². The van der Waals surface area contributed by atoms with Crippen molar-refractivity contribution in [2.24, 2.45) is 0 Å². The van der Waals surface area contributed by atoms with E-state index in [2.05, 4.69) is 4.74 Å². The predicted molar refractivity (Wildman–Crippen MR) is 64.3 cm³/mol. The molecule has 0 aromatic heterocycles. The second kappa shape index (κ2) is 5.36. The van der Waals surface area contributed by atoms with Crippen molar-refractivity contribution < 1.29 is 27.9 Å². The van der Waals surface area contributed by atoms with Gasteiger partial charge in [-0.05, 0) is 12.5 Å². The van der Waals surface area contributed by atoms with Crippen molar-refractivity contribution >= 4 is 23.3 Å². The number of benzene rings is 1. The van der Waals surface area contributed by atoms with Crippen LogP contribution in [0.5, 0.6) is 0 Å². The Morgan fingerprint density at radius 2 is 2.00 bits per heavy atom. The molecule has 0 radical (unpaired) electrons. The molecule has 5 nitrogen and oxygen atoms in total. The Labute approximate surface area is 113 Å². The summed E-state index contributed by atoms with van der Waals surface area (Å²) in [5.74, 6) is -4.23. The summed E-state index contributed by atoms with van der Waals surface area (Å²) in [6.07, 6.45) is 0.245. The van der Waals surface area contributed by atoms with Crippen LogP contribution in [0.4, 0.5) is 14.5 Å². The number of esters is 1. The van der Waals surface area contributed by atoms with Crippen LogP contribution in [0.2, 0.25) is 0 Å². The molecule has 0 aliphatic carbocycles. The first kappa shape index (κ1) is 14.1. The van der Waals surface area contributed by atoms with Crippen molar-refractivity contribution in [3.63, 3.8) is 0 Å². The van der Waals surface area contributed by atoms with Gasteiger partial charge < -0.3 is 9.64 Å². The minimum Gasteiger partial charge on any atom is -0.469 e. The molecule has 0 fully saturated rings. The van der Waals surface area contributed by atoms with E-state index in [1.54, 1.807) is 0 Å². The molecule has 20 heavy (non-hydrogen) atoms. The molecule has 1 heterocycles. The van der Waals surface area contributed by atoms with Crippen LogP contribution in [0.1, 0.15) is 23.2 Å². The Morgan fingerprint density at radius 1 is 1.30 bits per heavy atom. The molecule has 0 bridgehead atoms. The van der Waals surface area contributed by atoms with Gasteiger partial charge in [-0.25, -0.2) is 8.78 Å². The first-order chi connectivity index (χ1) is 9.45. The number of ether oxygens (including phenoxy) is 1. The van der Waals surface area contributed by atoms with E-state index in [1.807, 2.05) is 0 Å². The molecule has 0 unspecified atom stereocenters. The zero-order valence-corrected chi connectivity index (χ0v) is 10.6. The van der Waals surface area contributed by atoms with E-state index < -0.39 is 29.3 Å². The lowest BCUT2D eigenvalue weighted by atomic mass is 10.1. The number of ketones is 1. The molecule has 1 aromatic rings. The highest BCUT2D eigenvalue weighted by molar-refractivity contribution is 6.52. The number of rotatable bonds is 4. The fourth-order valence-electron chi connectivity index (χ4n) is 2.05. The number of anilines is 1. The molecule has 1 aromatic carbocycles. The zero-order valence-electron chi connectivity index (χ0n) is 10.6. The second-order valence-corrected chi connectivity index (χ2v) is 4.25. The van der Waals surface area contributed by atoms with Gasteiger partial charge in [0.25, 0.3) is 11.7 Å². The van der Waals surface area contributed by atoms with Gasteiger partial charge in [0.1, 0.15) is 5.82 Å². The van der Waals surface area contributed by atoms with E-state index in [0.717, 1.165) is 11.0 Å². The van der Waals surface area contributed by atoms with Gasteiger partial charge in [0, 0.05) is 19.0 Å². The lowest BCUT2D eigenvalue weighted by Gasteiger charge is -2.16. The smallest absolute Gasteiger partial charge is 0.305 e. The summed E-state index contributed by atoms with van der Waals surface area (Å²) in [6, 6.07) is 1.44. The van der Waals surface area contributed by atoms with E-state index in [9.17, 15) is 23.2 Å². The van der Waals surface area contributed by atoms with Crippen molar-refractivity contribution in [1.82, 2.24) is 0 Å². The third kappa shape index (κ3) is 2.38. The average Bonchev–Trinajstić information content (AvgIpc) is 2.64. The van der Waals surface area contributed by atoms with Gasteiger partial charge in [-0.3, -0.25) is 14.4 Å². The Kier molecular flexibility index (Phi) is 3.78. The Hall–Kier alpha value is -2.31. The molecule has 1 aliphatic heterocycles. The fraction of sp³-hybridized carbons (Fsp3) is 0.308. The molecule has 106 valence electrons. The molecule has 7 heteroatoms. The number of hydrogen-bond acceptors (Lipinski definition) is 4. The van der Waals surface area contributed by atoms with Gasteiger partial charge in [0.15, 0.2) is 5.82 Å². The quantitative estimate of drug-likeness (QED) is 0.619. The number of Topliss-reactive ketones (excluding diaryl/α,β-unsaturated/α-hetero) is 1. The molecule has 0 saturated carbocycles. The summed E-state index contributed by atoms with van der Waals surface area (Å²) in [5, 5.41) is 0. The van der Waals surface area contributed by atoms with Crippen LogP contribution in [0.25, 0.3) is 0 Å². The summed E-state index contributed by atoms with van der Waals surface area (Å²) in [7, 11) is 1.23. The van der Waals surface area contributed by atoms with Crippen molar-refractivity contribution in [2.75, 3.05) is 18.6 Å². The molecule has 1 amide bonds. The van der Waals surface area contributed by atoms with Gasteiger partial charge >= 0.3 is 5.97 Å². The average molecular weight is 283 g/mol. The van der Waals surface area contributed by atoms with Crippen molar-refractivity contribution in [3.8, 4) is 0 Å². The van der Waals surface area contributed by atoms with Crippen molar-refractivity contribution in [2.45, 2.75) is 12.8 Å². The van der Waals surface area contributed by atoms with Crippen LogP contribution in [-0.4, -0.2) is 31.3 Å². The van der Waals surface area contributed by atoms with Gasteiger partial charge in [-0.15, -0.1) is 0 Å². The van der Waals surface area contributed by atoms with E-state index >= 15 is 0 Å². The van der Waals surface area contributed by atoms with Crippen LogP contribution in [0.15, 0.2) is 12.1 Å². The van der Waals surface area contributed by atoms with Crippen LogP contribution in [-0.2, 0) is 14.3 Å². The second-order valence-electron chi connectivity index (χ2n) is 4.25. The Bertz CT molecular complexity index is 600. The SMILES string of the molecule is COC(=O)CCCN1C(=O)C(=O)c2cc(F)cc(F)c21. The minimum atomic E-state index is -0.975. The third-order valence-corrected chi connectivity index (χ3v) is 2.97. The first-order valence-corrected chi connectivity index (χ1v) is 5.87. The predicted octanol–water partition coefficient (Wildman–Crippen LogP) is 1.45. The van der Waals surface area contributed by atoms with Crippen LogP contribution >= 0.6 is 0 Å². The van der Waals surface area contributed by atoms with Gasteiger partial charge in [-0.1, -0.05) is 0 Å². The number of nitrogens with zero attached hydrogens (tertiary/aromatic N) is 1. The molecule has 0 atom stereocenters. The van der Waals surface area contributed by atoms with Crippen LogP contribution < -0.4 is 4.90 Å². The zero-order chi connectivity index (χ0) is 14.9. The lowest BCUT2D eigenvalue weighted by Crippen LogP contribution is -2.31. The molecule has 0 saturated heterocycles. The van der Waals surface area contributed by atoms with E-state index in [-0.39, 0.29) is 30.6 Å². The molecule has 0 spiro atoms. The lowest BCUT2D eigenvalue weighted by molar-refractivity contribution is -0.140. The highest BCUT2D eigenvalue weighted by atomic mass is 19.1. The van der Waals surface area contributed by atoms with Gasteiger partial charge in [0.05, 0.1) is 18.4 Å². The summed E-state index contributed by atoms with van der Waals surface area (Å²) in [6.45, 7) is -0.0186. The maximum atomic E-state index is 13.7. The largest absolute Gasteiger partial charge is 0.469 e. The molecular weight excluding hydrogens is 272 g/mol. The minimum absolute atomic E-state index is 0.0186. The van der Waals surface area contributed by atoms with Gasteiger partial charge in [0.2, 0.25) is 0 Å². The first-order valence-electron chi connectivity index (χ1n) is 5.87.